The van der Waals surface area contributed by atoms with Crippen molar-refractivity contribution < 1.29 is 23.5 Å². The summed E-state index contributed by atoms with van der Waals surface area (Å²) < 4.78 is 25.9. The Labute approximate surface area is 242 Å². The van der Waals surface area contributed by atoms with Crippen molar-refractivity contribution in [3.63, 3.8) is 0 Å². The molecule has 5 rings (SSSR count). The molecule has 0 N–H and O–H groups in total. The molecular formula is C25H24BrCl2FN4O4S. The van der Waals surface area contributed by atoms with Crippen LogP contribution < -0.4 is 9.47 Å². The van der Waals surface area contributed by atoms with Gasteiger partial charge in [-0.3, -0.25) is 4.79 Å². The van der Waals surface area contributed by atoms with Gasteiger partial charge in [-0.1, -0.05) is 22.8 Å². The van der Waals surface area contributed by atoms with E-state index < -0.39 is 11.9 Å². The maximum Gasteiger partial charge on any atom is 0.260 e. The first-order chi connectivity index (χ1) is 17.9. The average molecular weight is 646 g/mol. The minimum absolute atomic E-state index is 0. The van der Waals surface area contributed by atoms with Crippen LogP contribution in [0.25, 0.3) is 0 Å². The largest absolute Gasteiger partial charge is 0.491 e. The Morgan fingerprint density at radius 2 is 2.13 bits per heavy atom. The second-order valence-corrected chi connectivity index (χ2v) is 10.9. The lowest BCUT2D eigenvalue weighted by atomic mass is 9.97. The van der Waals surface area contributed by atoms with Crippen LogP contribution in [0.3, 0.4) is 0 Å². The maximum atomic E-state index is 14.3. The second-order valence-electron chi connectivity index (χ2n) is 8.65. The van der Waals surface area contributed by atoms with Gasteiger partial charge in [0.05, 0.1) is 22.8 Å². The van der Waals surface area contributed by atoms with Crippen LogP contribution >= 0.6 is 51.3 Å². The number of methoxy groups -OCH3 is 1. The molecule has 1 aromatic carbocycles. The summed E-state index contributed by atoms with van der Waals surface area (Å²) in [6.45, 7) is 1.12. The highest BCUT2D eigenvalue weighted by molar-refractivity contribution is 9.10. The summed E-state index contributed by atoms with van der Waals surface area (Å²) in [5.74, 6) is 0.479. The van der Waals surface area contributed by atoms with Gasteiger partial charge >= 0.3 is 0 Å². The molecule has 2 aliphatic heterocycles. The van der Waals surface area contributed by atoms with E-state index in [1.807, 2.05) is 5.38 Å². The zero-order valence-electron chi connectivity index (χ0n) is 20.2. The average Bonchev–Trinajstić information content (AvgIpc) is 3.58. The van der Waals surface area contributed by atoms with Gasteiger partial charge in [0.15, 0.2) is 18.5 Å². The standard InChI is InChI=1S/C25H23BrClFN4O4S.ClH/c1-34-21-9-15(26)11-29-24(21)35-12-22(33)32-7-5-14(6-8-32)25-30-19(13-37-25)18-10-20(36-31-18)23-16(27)3-2-4-17(23)28;/h2-4,9,11,13-14,20H,5-8,10,12H2,1H3;1H. The Hall–Kier alpha value is -2.47. The molecule has 0 saturated carbocycles. The lowest BCUT2D eigenvalue weighted by Gasteiger charge is -2.31. The third-order valence-electron chi connectivity index (χ3n) is 6.34. The van der Waals surface area contributed by atoms with Gasteiger partial charge in [-0.15, -0.1) is 23.7 Å². The van der Waals surface area contributed by atoms with E-state index in [1.54, 1.807) is 40.6 Å². The molecule has 2 aliphatic rings. The van der Waals surface area contributed by atoms with Crippen molar-refractivity contribution in [3.8, 4) is 11.6 Å². The molecule has 0 spiro atoms. The number of amides is 1. The summed E-state index contributed by atoms with van der Waals surface area (Å²) in [6, 6.07) is 6.30. The Kier molecular flexibility index (Phi) is 9.45. The monoisotopic (exact) mass is 644 g/mol. The van der Waals surface area contributed by atoms with E-state index in [-0.39, 0.29) is 36.7 Å². The van der Waals surface area contributed by atoms with Gasteiger partial charge in [-0.05, 0) is 40.9 Å². The van der Waals surface area contributed by atoms with Crippen molar-refractivity contribution >= 4 is 62.9 Å². The molecule has 38 heavy (non-hydrogen) atoms. The number of oxime groups is 1. The van der Waals surface area contributed by atoms with Gasteiger partial charge in [-0.25, -0.2) is 14.4 Å². The van der Waals surface area contributed by atoms with Crippen molar-refractivity contribution in [1.82, 2.24) is 14.9 Å². The highest BCUT2D eigenvalue weighted by Gasteiger charge is 2.31. The SMILES string of the molecule is COc1cc(Br)cnc1OCC(=O)N1CCC(c2nc(C3=NOC(c4c(F)cccc4Cl)C3)cs2)CC1.Cl. The number of nitrogens with zero attached hydrogens (tertiary/aromatic N) is 4. The number of ether oxygens (including phenoxy) is 2. The second kappa shape index (κ2) is 12.6. The maximum absolute atomic E-state index is 14.3. The molecule has 1 fully saturated rings. The molecule has 202 valence electrons. The van der Waals surface area contributed by atoms with Crippen LogP contribution in [0.5, 0.6) is 11.6 Å². The van der Waals surface area contributed by atoms with Crippen LogP contribution in [0, 0.1) is 5.82 Å². The summed E-state index contributed by atoms with van der Waals surface area (Å²) in [5, 5.41) is 7.42. The van der Waals surface area contributed by atoms with E-state index in [0.717, 1.165) is 28.0 Å². The predicted octanol–water partition coefficient (Wildman–Crippen LogP) is 6.17. The zero-order valence-corrected chi connectivity index (χ0v) is 24.2. The topological polar surface area (TPSA) is 86.1 Å². The van der Waals surface area contributed by atoms with E-state index in [1.165, 1.54) is 13.2 Å². The lowest BCUT2D eigenvalue weighted by Crippen LogP contribution is -2.40. The number of carbonyl (C=O) groups excluding carboxylic acids is 1. The molecule has 4 heterocycles. The van der Waals surface area contributed by atoms with Crippen molar-refractivity contribution in [2.45, 2.75) is 31.3 Å². The molecule has 2 aromatic heterocycles. The van der Waals surface area contributed by atoms with E-state index >= 15 is 0 Å². The molecule has 1 saturated heterocycles. The van der Waals surface area contributed by atoms with Gasteiger partial charge in [0.1, 0.15) is 11.5 Å². The van der Waals surface area contributed by atoms with Crippen LogP contribution in [-0.2, 0) is 9.63 Å². The number of aromatic nitrogens is 2. The molecular weight excluding hydrogens is 622 g/mol. The fourth-order valence-electron chi connectivity index (χ4n) is 4.37. The van der Waals surface area contributed by atoms with Crippen LogP contribution in [0.1, 0.15) is 47.5 Å². The zero-order chi connectivity index (χ0) is 25.9. The quantitative estimate of drug-likeness (QED) is 0.305. The predicted molar refractivity (Wildman–Crippen MR) is 148 cm³/mol. The normalized spacial score (nSPS) is 17.4. The van der Waals surface area contributed by atoms with Gasteiger partial charge < -0.3 is 19.2 Å². The summed E-state index contributed by atoms with van der Waals surface area (Å²) in [5.41, 5.74) is 1.72. The molecule has 0 aliphatic carbocycles. The summed E-state index contributed by atoms with van der Waals surface area (Å²) >= 11 is 11.1. The van der Waals surface area contributed by atoms with Crippen molar-refractivity contribution in [3.05, 3.63) is 67.4 Å². The number of thiazole rings is 1. The Bertz CT molecular complexity index is 1320. The minimum Gasteiger partial charge on any atom is -0.491 e. The number of rotatable bonds is 7. The fourth-order valence-corrected chi connectivity index (χ4v) is 5.96. The van der Waals surface area contributed by atoms with Gasteiger partial charge in [0.25, 0.3) is 11.8 Å². The number of halogens is 4. The molecule has 8 nitrogen and oxygen atoms in total. The van der Waals surface area contributed by atoms with E-state index in [0.29, 0.717) is 41.6 Å². The summed E-state index contributed by atoms with van der Waals surface area (Å²) in [7, 11) is 1.52. The first-order valence-electron chi connectivity index (χ1n) is 11.7. The summed E-state index contributed by atoms with van der Waals surface area (Å²) in [4.78, 5) is 29.0. The van der Waals surface area contributed by atoms with E-state index in [4.69, 9.17) is 30.9 Å². The molecule has 0 radical (unpaired) electrons. The highest BCUT2D eigenvalue weighted by atomic mass is 79.9. The van der Waals surface area contributed by atoms with Crippen LogP contribution in [0.4, 0.5) is 4.39 Å². The van der Waals surface area contributed by atoms with E-state index in [2.05, 4.69) is 26.1 Å². The Morgan fingerprint density at radius 1 is 1.34 bits per heavy atom. The first kappa shape index (κ1) is 28.5. The third-order valence-corrected chi connectivity index (χ3v) is 8.11. The van der Waals surface area contributed by atoms with E-state index in [9.17, 15) is 9.18 Å². The smallest absolute Gasteiger partial charge is 0.260 e. The third kappa shape index (κ3) is 6.22. The highest BCUT2D eigenvalue weighted by Crippen LogP contribution is 2.37. The Morgan fingerprint density at radius 3 is 2.87 bits per heavy atom. The molecule has 0 bridgehead atoms. The number of piperidine rings is 1. The molecule has 1 amide bonds. The van der Waals surface area contributed by atoms with Crippen LogP contribution in [0.2, 0.25) is 5.02 Å². The fraction of sp³-hybridized carbons (Fsp3) is 0.360. The van der Waals surface area contributed by atoms with Crippen molar-refractivity contribution in [2.75, 3.05) is 26.8 Å². The minimum atomic E-state index is -0.571. The molecule has 13 heteroatoms. The molecule has 1 atom stereocenters. The van der Waals surface area contributed by atoms with Gasteiger partial charge in [0.2, 0.25) is 0 Å². The number of hydrogen-bond donors (Lipinski definition) is 0. The van der Waals surface area contributed by atoms with Crippen molar-refractivity contribution in [2.24, 2.45) is 5.16 Å². The van der Waals surface area contributed by atoms with Crippen LogP contribution in [0.15, 0.2) is 45.5 Å². The number of pyridine rings is 1. The van der Waals surface area contributed by atoms with Gasteiger partial charge in [0, 0.05) is 53.1 Å². The summed E-state index contributed by atoms with van der Waals surface area (Å²) in [6.07, 6.45) is 3.02. The molecule has 3 aromatic rings. The lowest BCUT2D eigenvalue weighted by molar-refractivity contribution is -0.134. The Balaban J connectivity index is 0.00000336. The number of likely N-dealkylation sites (tertiary alicyclic amines) is 1. The van der Waals surface area contributed by atoms with Crippen molar-refractivity contribution in [1.29, 1.82) is 0 Å². The van der Waals surface area contributed by atoms with Gasteiger partial charge in [-0.2, -0.15) is 0 Å². The first-order valence-corrected chi connectivity index (χ1v) is 13.7. The number of hydrogen-bond acceptors (Lipinski definition) is 8. The molecule has 1 unspecified atom stereocenters. The number of carbonyl (C=O) groups is 1. The van der Waals surface area contributed by atoms with Crippen LogP contribution in [-0.4, -0.2) is 53.3 Å². The number of benzene rings is 1.